The van der Waals surface area contributed by atoms with Crippen molar-refractivity contribution in [3.05, 3.63) is 151 Å². The van der Waals surface area contributed by atoms with E-state index in [1.165, 1.54) is 21.9 Å². The van der Waals surface area contributed by atoms with Gasteiger partial charge in [-0.1, -0.05) is 109 Å². The van der Waals surface area contributed by atoms with Crippen molar-refractivity contribution in [2.24, 2.45) is 0 Å². The first kappa shape index (κ1) is 26.6. The van der Waals surface area contributed by atoms with Crippen LogP contribution in [-0.2, 0) is 0 Å². The zero-order chi connectivity index (χ0) is 30.6. The molecule has 7 aromatic carbocycles. The third-order valence-electron chi connectivity index (χ3n) is 8.62. The van der Waals surface area contributed by atoms with Crippen LogP contribution in [-0.4, -0.2) is 15.0 Å². The van der Waals surface area contributed by atoms with Crippen LogP contribution in [0.1, 0.15) is 0 Å². The summed E-state index contributed by atoms with van der Waals surface area (Å²) in [5.74, 6) is 1.05. The van der Waals surface area contributed by atoms with Crippen molar-refractivity contribution in [1.82, 2.24) is 15.0 Å². The Morgan fingerprint density at radius 2 is 0.978 bits per heavy atom. The molecule has 0 unspecified atom stereocenters. The van der Waals surface area contributed by atoms with Crippen LogP contribution in [0.2, 0.25) is 5.28 Å². The SMILES string of the molecule is Clc1nc(-c2cccc(-c3cccc4oc5ccccc5c34)c2)nc(-c2ccc3cc(-c4ccc5ccccc5c4)ccc3c2)n1. The zero-order valence-corrected chi connectivity index (χ0v) is 25.2. The molecule has 2 aromatic heterocycles. The highest BCUT2D eigenvalue weighted by Gasteiger charge is 2.15. The highest BCUT2D eigenvalue weighted by molar-refractivity contribution is 6.28. The van der Waals surface area contributed by atoms with E-state index in [4.69, 9.17) is 21.0 Å². The van der Waals surface area contributed by atoms with E-state index in [9.17, 15) is 0 Å². The second-order valence-corrected chi connectivity index (χ2v) is 11.8. The number of halogens is 1. The Labute approximate surface area is 269 Å². The second-order valence-electron chi connectivity index (χ2n) is 11.4. The molecule has 0 aliphatic carbocycles. The van der Waals surface area contributed by atoms with Gasteiger partial charge in [0.1, 0.15) is 11.2 Å². The van der Waals surface area contributed by atoms with Gasteiger partial charge in [-0.25, -0.2) is 4.98 Å². The number of rotatable bonds is 4. The number of nitrogens with zero attached hydrogens (tertiary/aromatic N) is 3. The first-order valence-electron chi connectivity index (χ1n) is 15.1. The van der Waals surface area contributed by atoms with Crippen molar-refractivity contribution in [2.45, 2.75) is 0 Å². The second kappa shape index (κ2) is 10.7. The molecule has 0 aliphatic rings. The molecular weight excluding hydrogens is 586 g/mol. The number of benzene rings is 7. The van der Waals surface area contributed by atoms with Crippen LogP contribution in [0.3, 0.4) is 0 Å². The number of fused-ring (bicyclic) bond motifs is 5. The summed E-state index contributed by atoms with van der Waals surface area (Å²) in [4.78, 5) is 13.9. The van der Waals surface area contributed by atoms with Crippen LogP contribution >= 0.6 is 11.6 Å². The van der Waals surface area contributed by atoms with E-state index < -0.39 is 0 Å². The van der Waals surface area contributed by atoms with Gasteiger partial charge in [0.25, 0.3) is 0 Å². The number of para-hydroxylation sites is 1. The first-order chi connectivity index (χ1) is 22.7. The fourth-order valence-electron chi connectivity index (χ4n) is 6.38. The quantitative estimate of drug-likeness (QED) is 0.199. The molecule has 5 heteroatoms. The largest absolute Gasteiger partial charge is 0.456 e. The van der Waals surface area contributed by atoms with Crippen molar-refractivity contribution in [3.8, 4) is 45.0 Å². The van der Waals surface area contributed by atoms with Crippen molar-refractivity contribution in [2.75, 3.05) is 0 Å². The molecule has 9 aromatic rings. The van der Waals surface area contributed by atoms with Crippen LogP contribution in [0.5, 0.6) is 0 Å². The van der Waals surface area contributed by atoms with E-state index in [0.29, 0.717) is 11.6 Å². The summed E-state index contributed by atoms with van der Waals surface area (Å²) in [7, 11) is 0. The summed E-state index contributed by atoms with van der Waals surface area (Å²) < 4.78 is 6.13. The molecule has 0 saturated heterocycles. The summed E-state index contributed by atoms with van der Waals surface area (Å²) >= 11 is 6.51. The fourth-order valence-corrected chi connectivity index (χ4v) is 6.54. The fraction of sp³-hybridized carbons (Fsp3) is 0. The van der Waals surface area contributed by atoms with E-state index in [1.54, 1.807) is 0 Å². The van der Waals surface area contributed by atoms with E-state index in [-0.39, 0.29) is 5.28 Å². The highest BCUT2D eigenvalue weighted by Crippen LogP contribution is 2.38. The lowest BCUT2D eigenvalue weighted by atomic mass is 9.97. The van der Waals surface area contributed by atoms with Gasteiger partial charge in [-0.15, -0.1) is 0 Å². The Morgan fingerprint density at radius 3 is 1.78 bits per heavy atom. The van der Waals surface area contributed by atoms with Crippen molar-refractivity contribution in [3.63, 3.8) is 0 Å². The molecular formula is C41H24ClN3O. The topological polar surface area (TPSA) is 51.8 Å². The minimum atomic E-state index is 0.153. The summed E-state index contributed by atoms with van der Waals surface area (Å²) in [6.45, 7) is 0. The molecule has 0 amide bonds. The molecule has 0 N–H and O–H groups in total. The van der Waals surface area contributed by atoms with Gasteiger partial charge < -0.3 is 4.42 Å². The Kier molecular flexibility index (Phi) is 6.15. The average Bonchev–Trinajstić information content (AvgIpc) is 3.50. The number of hydrogen-bond donors (Lipinski definition) is 0. The van der Waals surface area contributed by atoms with Gasteiger partial charge in [-0.2, -0.15) is 9.97 Å². The molecule has 0 saturated carbocycles. The third kappa shape index (κ3) is 4.59. The van der Waals surface area contributed by atoms with E-state index >= 15 is 0 Å². The summed E-state index contributed by atoms with van der Waals surface area (Å²) in [6, 6.07) is 50.3. The van der Waals surface area contributed by atoms with Crippen molar-refractivity contribution >= 4 is 55.1 Å². The standard InChI is InChI=1S/C41H24ClN3O/c42-41-44-39(32-10-5-9-31(24-32)34-12-6-14-37-38(34)35-11-3-4-13-36(35)46-37)43-40(45-41)33-20-19-29-22-28(17-18-30(29)23-33)27-16-15-25-7-1-2-8-26(25)21-27/h1-24H. The normalized spacial score (nSPS) is 11.6. The molecule has 216 valence electrons. The molecule has 2 heterocycles. The van der Waals surface area contributed by atoms with Gasteiger partial charge in [-0.05, 0) is 91.8 Å². The van der Waals surface area contributed by atoms with E-state index in [2.05, 4.69) is 107 Å². The predicted octanol–water partition coefficient (Wildman–Crippen LogP) is 11.4. The summed E-state index contributed by atoms with van der Waals surface area (Å²) in [5.41, 5.74) is 7.96. The van der Waals surface area contributed by atoms with Gasteiger partial charge in [-0.3, -0.25) is 0 Å². The Hall–Kier alpha value is -5.84. The van der Waals surface area contributed by atoms with Gasteiger partial charge in [0.2, 0.25) is 5.28 Å². The molecule has 4 nitrogen and oxygen atoms in total. The number of furan rings is 1. The Morgan fingerprint density at radius 1 is 0.413 bits per heavy atom. The lowest BCUT2D eigenvalue weighted by molar-refractivity contribution is 0.669. The smallest absolute Gasteiger partial charge is 0.226 e. The third-order valence-corrected chi connectivity index (χ3v) is 8.79. The monoisotopic (exact) mass is 609 g/mol. The summed E-state index contributed by atoms with van der Waals surface area (Å²) in [6.07, 6.45) is 0. The maximum atomic E-state index is 6.51. The predicted molar refractivity (Wildman–Crippen MR) is 189 cm³/mol. The molecule has 0 bridgehead atoms. The lowest BCUT2D eigenvalue weighted by Crippen LogP contribution is -1.97. The highest BCUT2D eigenvalue weighted by atomic mass is 35.5. The maximum absolute atomic E-state index is 6.51. The molecule has 0 spiro atoms. The van der Waals surface area contributed by atoms with Crippen LogP contribution < -0.4 is 0 Å². The maximum Gasteiger partial charge on any atom is 0.226 e. The van der Waals surface area contributed by atoms with Crippen molar-refractivity contribution in [1.29, 1.82) is 0 Å². The van der Waals surface area contributed by atoms with Gasteiger partial charge in [0, 0.05) is 21.9 Å². The van der Waals surface area contributed by atoms with Gasteiger partial charge >= 0.3 is 0 Å². The van der Waals surface area contributed by atoms with Gasteiger partial charge in [0.05, 0.1) is 0 Å². The minimum absolute atomic E-state index is 0.153. The van der Waals surface area contributed by atoms with E-state index in [1.807, 2.05) is 48.5 Å². The molecule has 9 rings (SSSR count). The summed E-state index contributed by atoms with van der Waals surface area (Å²) in [5, 5.41) is 7.04. The van der Waals surface area contributed by atoms with Crippen LogP contribution in [0.15, 0.2) is 150 Å². The van der Waals surface area contributed by atoms with Crippen LogP contribution in [0, 0.1) is 0 Å². The van der Waals surface area contributed by atoms with Crippen LogP contribution in [0.4, 0.5) is 0 Å². The number of hydrogen-bond acceptors (Lipinski definition) is 4. The minimum Gasteiger partial charge on any atom is -0.456 e. The zero-order valence-electron chi connectivity index (χ0n) is 24.5. The lowest BCUT2D eigenvalue weighted by Gasteiger charge is -2.09. The van der Waals surface area contributed by atoms with E-state index in [0.717, 1.165) is 55.0 Å². The molecule has 0 radical (unpaired) electrons. The molecule has 0 fully saturated rings. The van der Waals surface area contributed by atoms with Gasteiger partial charge in [0.15, 0.2) is 11.6 Å². The Bertz CT molecular complexity index is 2620. The Balaban J connectivity index is 1.08. The first-order valence-corrected chi connectivity index (χ1v) is 15.5. The molecule has 0 atom stereocenters. The van der Waals surface area contributed by atoms with Crippen LogP contribution in [0.25, 0.3) is 88.5 Å². The van der Waals surface area contributed by atoms with Crippen molar-refractivity contribution < 1.29 is 4.42 Å². The average molecular weight is 610 g/mol. The molecule has 46 heavy (non-hydrogen) atoms. The molecule has 0 aliphatic heterocycles. The number of aromatic nitrogens is 3.